The number of aromatic amines is 1. The van der Waals surface area contributed by atoms with Gasteiger partial charge in [-0.1, -0.05) is 29.5 Å². The zero-order valence-electron chi connectivity index (χ0n) is 9.21. The lowest BCUT2D eigenvalue weighted by atomic mass is 10.2. The van der Waals surface area contributed by atoms with Crippen LogP contribution in [0, 0.1) is 6.92 Å². The second kappa shape index (κ2) is 4.18. The molecule has 0 aliphatic carbocycles. The molecule has 0 aliphatic rings. The summed E-state index contributed by atoms with van der Waals surface area (Å²) in [6.07, 6.45) is 3.18. The van der Waals surface area contributed by atoms with Gasteiger partial charge in [-0.15, -0.1) is 0 Å². The molecule has 0 unspecified atom stereocenters. The first kappa shape index (κ1) is 10.3. The van der Waals surface area contributed by atoms with Gasteiger partial charge in [0.1, 0.15) is 16.9 Å². The third-order valence-corrected chi connectivity index (χ3v) is 3.38. The Morgan fingerprint density at radius 2 is 2.12 bits per heavy atom. The van der Waals surface area contributed by atoms with E-state index in [1.54, 1.807) is 24.4 Å². The van der Waals surface area contributed by atoms with Crippen molar-refractivity contribution in [2.24, 2.45) is 0 Å². The summed E-state index contributed by atoms with van der Waals surface area (Å²) in [7, 11) is 0. The average Bonchev–Trinajstić information content (AvgIpc) is 2.78. The van der Waals surface area contributed by atoms with Gasteiger partial charge >= 0.3 is 0 Å². The molecule has 3 rings (SSSR count). The molecule has 0 fully saturated rings. The van der Waals surface area contributed by atoms with Crippen LogP contribution in [0.15, 0.2) is 46.8 Å². The second-order valence-corrected chi connectivity index (χ2v) is 4.76. The quantitative estimate of drug-likeness (QED) is 0.702. The van der Waals surface area contributed by atoms with E-state index in [9.17, 15) is 0 Å². The van der Waals surface area contributed by atoms with Crippen molar-refractivity contribution in [1.82, 2.24) is 19.9 Å². The van der Waals surface area contributed by atoms with Crippen LogP contribution in [-0.4, -0.2) is 19.9 Å². The number of aromatic nitrogens is 4. The Kier molecular flexibility index (Phi) is 2.53. The molecule has 0 saturated heterocycles. The minimum absolute atomic E-state index is 0.704. The van der Waals surface area contributed by atoms with Crippen molar-refractivity contribution < 1.29 is 0 Å². The fourth-order valence-electron chi connectivity index (χ4n) is 1.61. The maximum atomic E-state index is 4.28. The van der Waals surface area contributed by atoms with Crippen molar-refractivity contribution >= 4 is 22.9 Å². The Morgan fingerprint density at radius 3 is 3.00 bits per heavy atom. The molecule has 2 heterocycles. The van der Waals surface area contributed by atoms with Crippen molar-refractivity contribution in [3.8, 4) is 0 Å². The first-order chi connectivity index (χ1) is 8.33. The lowest BCUT2D eigenvalue weighted by molar-refractivity contribution is 1.08. The van der Waals surface area contributed by atoms with Gasteiger partial charge in [0.15, 0.2) is 5.65 Å². The maximum absolute atomic E-state index is 4.28. The number of hydrogen-bond acceptors (Lipinski definition) is 4. The molecule has 84 valence electrons. The van der Waals surface area contributed by atoms with Crippen molar-refractivity contribution in [2.75, 3.05) is 0 Å². The standard InChI is InChI=1S/C12H10N4S/c1-8-3-2-4-9(5-8)17-12-10-11(14-6-13-10)15-7-16-12/h2-7H,1H3,(H,13,14,15,16). The largest absolute Gasteiger partial charge is 0.341 e. The van der Waals surface area contributed by atoms with Gasteiger partial charge in [-0.2, -0.15) is 0 Å². The van der Waals surface area contributed by atoms with Gasteiger partial charge in [-0.25, -0.2) is 15.0 Å². The topological polar surface area (TPSA) is 54.5 Å². The van der Waals surface area contributed by atoms with Crippen LogP contribution < -0.4 is 0 Å². The average molecular weight is 242 g/mol. The third kappa shape index (κ3) is 2.01. The van der Waals surface area contributed by atoms with Crippen molar-refractivity contribution in [3.05, 3.63) is 42.5 Å². The highest BCUT2D eigenvalue weighted by molar-refractivity contribution is 7.99. The first-order valence-corrected chi connectivity index (χ1v) is 6.03. The lowest BCUT2D eigenvalue weighted by Gasteiger charge is -2.02. The number of hydrogen-bond donors (Lipinski definition) is 1. The van der Waals surface area contributed by atoms with Gasteiger partial charge in [0.25, 0.3) is 0 Å². The first-order valence-electron chi connectivity index (χ1n) is 5.21. The van der Waals surface area contributed by atoms with Crippen LogP contribution in [0.4, 0.5) is 0 Å². The molecule has 3 aromatic rings. The fourth-order valence-corrected chi connectivity index (χ4v) is 2.58. The van der Waals surface area contributed by atoms with E-state index in [1.165, 1.54) is 10.5 Å². The van der Waals surface area contributed by atoms with Gasteiger partial charge in [-0.3, -0.25) is 0 Å². The summed E-state index contributed by atoms with van der Waals surface area (Å²) in [4.78, 5) is 16.7. The van der Waals surface area contributed by atoms with Crippen LogP contribution >= 0.6 is 11.8 Å². The third-order valence-electron chi connectivity index (χ3n) is 2.39. The number of nitrogens with zero attached hydrogens (tertiary/aromatic N) is 3. The van der Waals surface area contributed by atoms with Crippen LogP contribution in [0.3, 0.4) is 0 Å². The zero-order valence-corrected chi connectivity index (χ0v) is 10.0. The number of fused-ring (bicyclic) bond motifs is 1. The van der Waals surface area contributed by atoms with Crippen LogP contribution in [0.5, 0.6) is 0 Å². The highest BCUT2D eigenvalue weighted by atomic mass is 32.2. The molecule has 0 amide bonds. The predicted molar refractivity (Wildman–Crippen MR) is 67.0 cm³/mol. The van der Waals surface area contributed by atoms with Gasteiger partial charge in [-0.05, 0) is 19.1 Å². The maximum Gasteiger partial charge on any atom is 0.181 e. The van der Waals surface area contributed by atoms with E-state index in [0.29, 0.717) is 5.65 Å². The number of benzene rings is 1. The number of nitrogens with one attached hydrogen (secondary N) is 1. The molecule has 1 N–H and O–H groups in total. The minimum atomic E-state index is 0.704. The van der Waals surface area contributed by atoms with Gasteiger partial charge in [0.2, 0.25) is 0 Å². The predicted octanol–water partition coefficient (Wildman–Crippen LogP) is 2.81. The Bertz CT molecular complexity index is 662. The van der Waals surface area contributed by atoms with Gasteiger partial charge in [0.05, 0.1) is 6.33 Å². The SMILES string of the molecule is Cc1cccc(Sc2ncnc3nc[nH]c23)c1. The molecule has 5 heteroatoms. The Morgan fingerprint density at radius 1 is 1.18 bits per heavy atom. The summed E-state index contributed by atoms with van der Waals surface area (Å²) in [6, 6.07) is 8.33. The minimum Gasteiger partial charge on any atom is -0.341 e. The van der Waals surface area contributed by atoms with Gasteiger partial charge < -0.3 is 4.98 Å². The zero-order chi connectivity index (χ0) is 11.7. The number of H-pyrrole nitrogens is 1. The Labute approximate surface area is 103 Å². The molecule has 0 spiro atoms. The van der Waals surface area contributed by atoms with E-state index in [4.69, 9.17) is 0 Å². The highest BCUT2D eigenvalue weighted by Crippen LogP contribution is 2.29. The summed E-state index contributed by atoms with van der Waals surface area (Å²) in [5.74, 6) is 0. The van der Waals surface area contributed by atoms with E-state index in [2.05, 4.69) is 45.1 Å². The van der Waals surface area contributed by atoms with E-state index < -0.39 is 0 Å². The van der Waals surface area contributed by atoms with E-state index in [1.807, 2.05) is 6.07 Å². The van der Waals surface area contributed by atoms with Crippen LogP contribution in [0.1, 0.15) is 5.56 Å². The normalized spacial score (nSPS) is 10.9. The molecule has 0 saturated carbocycles. The Balaban J connectivity index is 2.02. The van der Waals surface area contributed by atoms with Crippen molar-refractivity contribution in [2.45, 2.75) is 16.8 Å². The van der Waals surface area contributed by atoms with Crippen molar-refractivity contribution in [1.29, 1.82) is 0 Å². The Hall–Kier alpha value is -1.88. The molecule has 2 aromatic heterocycles. The number of rotatable bonds is 2. The number of imidazole rings is 1. The molecule has 17 heavy (non-hydrogen) atoms. The van der Waals surface area contributed by atoms with Gasteiger partial charge in [0, 0.05) is 4.90 Å². The monoisotopic (exact) mass is 242 g/mol. The molecule has 0 atom stereocenters. The summed E-state index contributed by atoms with van der Waals surface area (Å²) >= 11 is 1.61. The smallest absolute Gasteiger partial charge is 0.181 e. The molecule has 0 radical (unpaired) electrons. The molecule has 0 aliphatic heterocycles. The second-order valence-electron chi connectivity index (χ2n) is 3.70. The highest BCUT2D eigenvalue weighted by Gasteiger charge is 2.07. The molecular weight excluding hydrogens is 232 g/mol. The molecular formula is C12H10N4S. The fraction of sp³-hybridized carbons (Fsp3) is 0.0833. The number of aryl methyl sites for hydroxylation is 1. The van der Waals surface area contributed by atoms with Crippen LogP contribution in [0.2, 0.25) is 0 Å². The summed E-state index contributed by atoms with van der Waals surface area (Å²) < 4.78 is 0. The lowest BCUT2D eigenvalue weighted by Crippen LogP contribution is -1.86. The molecule has 1 aromatic carbocycles. The van der Waals surface area contributed by atoms with Crippen LogP contribution in [0.25, 0.3) is 11.2 Å². The summed E-state index contributed by atoms with van der Waals surface area (Å²) in [6.45, 7) is 2.08. The van der Waals surface area contributed by atoms with E-state index in [-0.39, 0.29) is 0 Å². The van der Waals surface area contributed by atoms with Crippen LogP contribution in [-0.2, 0) is 0 Å². The summed E-state index contributed by atoms with van der Waals surface area (Å²) in [5.41, 5.74) is 2.83. The molecule has 0 bridgehead atoms. The van der Waals surface area contributed by atoms with Crippen molar-refractivity contribution in [3.63, 3.8) is 0 Å². The summed E-state index contributed by atoms with van der Waals surface area (Å²) in [5, 5.41) is 0.901. The van der Waals surface area contributed by atoms with E-state index >= 15 is 0 Å². The van der Waals surface area contributed by atoms with E-state index in [0.717, 1.165) is 10.5 Å². The molecule has 4 nitrogen and oxygen atoms in total.